The fourth-order valence-electron chi connectivity index (χ4n) is 4.89. The van der Waals surface area contributed by atoms with Gasteiger partial charge in [-0.2, -0.15) is 23.1 Å². The van der Waals surface area contributed by atoms with Crippen LogP contribution < -0.4 is 16.0 Å². The van der Waals surface area contributed by atoms with E-state index in [4.69, 9.17) is 10.5 Å². The van der Waals surface area contributed by atoms with Crippen molar-refractivity contribution in [2.75, 3.05) is 30.3 Å². The van der Waals surface area contributed by atoms with Crippen LogP contribution in [-0.4, -0.2) is 80.6 Å². The molecule has 5 rings (SSSR count). The van der Waals surface area contributed by atoms with E-state index in [-0.39, 0.29) is 41.2 Å². The van der Waals surface area contributed by atoms with Crippen molar-refractivity contribution in [2.45, 2.75) is 50.0 Å². The van der Waals surface area contributed by atoms with Crippen LogP contribution in [0.3, 0.4) is 0 Å². The number of carbonyl (C=O) groups is 2. The average molecular weight is 568 g/mol. The number of nitrogen functional groups attached to an aromatic ring is 1. The van der Waals surface area contributed by atoms with E-state index in [0.717, 1.165) is 12.0 Å². The van der Waals surface area contributed by atoms with Crippen LogP contribution in [0.15, 0.2) is 30.6 Å². The van der Waals surface area contributed by atoms with Crippen LogP contribution in [-0.2, 0) is 19.1 Å². The number of aromatic nitrogens is 4. The molecule has 2 aliphatic rings. The van der Waals surface area contributed by atoms with Gasteiger partial charge in [-0.3, -0.25) is 9.36 Å². The minimum atomic E-state index is -5.36. The van der Waals surface area contributed by atoms with Gasteiger partial charge in [0, 0.05) is 25.6 Å². The topological polar surface area (TPSA) is 158 Å². The van der Waals surface area contributed by atoms with E-state index in [0.29, 0.717) is 13.1 Å². The molecule has 4 heterocycles. The Kier molecular flexibility index (Phi) is 7.22. The molecule has 16 heteroatoms. The van der Waals surface area contributed by atoms with Crippen molar-refractivity contribution < 1.29 is 41.7 Å². The first-order valence-corrected chi connectivity index (χ1v) is 12.4. The summed E-state index contributed by atoms with van der Waals surface area (Å²) in [5.41, 5.74) is 7.28. The summed E-state index contributed by atoms with van der Waals surface area (Å²) in [6.07, 6.45) is -10.6. The van der Waals surface area contributed by atoms with Crippen molar-refractivity contribution in [3.63, 3.8) is 0 Å². The molecule has 0 aliphatic carbocycles. The predicted molar refractivity (Wildman–Crippen MR) is 130 cm³/mol. The van der Waals surface area contributed by atoms with Crippen molar-refractivity contribution in [3.05, 3.63) is 42.0 Å². The van der Waals surface area contributed by atoms with Crippen LogP contribution in [0.1, 0.15) is 31.1 Å². The van der Waals surface area contributed by atoms with E-state index in [9.17, 15) is 32.3 Å². The number of benzene rings is 1. The number of rotatable bonds is 6. The zero-order valence-electron chi connectivity index (χ0n) is 21.0. The highest BCUT2D eigenvalue weighted by Crippen LogP contribution is 2.36. The maximum atomic E-state index is 13.3. The van der Waals surface area contributed by atoms with Crippen molar-refractivity contribution >= 4 is 34.8 Å². The third-order valence-corrected chi connectivity index (χ3v) is 6.82. The number of hydrogen-bond acceptors (Lipinski definition) is 10. The fourth-order valence-corrected chi connectivity index (χ4v) is 4.89. The number of aliphatic hydroxyl groups is 1. The number of nitrogens with one attached hydrogen (secondary N) is 1. The first kappa shape index (κ1) is 27.5. The predicted octanol–water partition coefficient (Wildman–Crippen LogP) is 1.41. The summed E-state index contributed by atoms with van der Waals surface area (Å²) in [7, 11) is 0. The minimum Gasteiger partial charge on any atom is -0.449 e. The molecule has 2 aliphatic heterocycles. The lowest BCUT2D eigenvalue weighted by molar-refractivity contribution is -0.209. The molecule has 12 nitrogen and oxygen atoms in total. The van der Waals surface area contributed by atoms with Gasteiger partial charge in [-0.25, -0.2) is 14.2 Å². The number of imidazole rings is 1. The Labute approximate surface area is 224 Å². The smallest absolute Gasteiger partial charge is 0.449 e. The Balaban J connectivity index is 1.44. The van der Waals surface area contributed by atoms with Crippen LogP contribution >= 0.6 is 0 Å². The maximum Gasteiger partial charge on any atom is 0.490 e. The Morgan fingerprint density at radius 2 is 1.98 bits per heavy atom. The minimum absolute atomic E-state index is 0.00297. The van der Waals surface area contributed by atoms with Gasteiger partial charge < -0.3 is 30.5 Å². The normalized spacial score (nSPS) is 24.9. The molecular weight excluding hydrogens is 542 g/mol. The highest BCUT2D eigenvalue weighted by molar-refractivity contribution is 5.84. The molecule has 2 saturated heterocycles. The van der Waals surface area contributed by atoms with E-state index in [1.54, 1.807) is 19.1 Å². The first-order valence-electron chi connectivity index (χ1n) is 12.4. The number of fused-ring (bicyclic) bond motifs is 1. The molecule has 214 valence electrons. The summed E-state index contributed by atoms with van der Waals surface area (Å²) in [6.45, 7) is 2.73. The number of carbonyl (C=O) groups excluding carboxylic acids is 2. The fraction of sp³-hybridized carbons (Fsp3) is 0.458. The lowest BCUT2D eigenvalue weighted by Crippen LogP contribution is -2.46. The van der Waals surface area contributed by atoms with E-state index in [1.807, 2.05) is 4.90 Å². The zero-order valence-corrected chi connectivity index (χ0v) is 21.0. The Hall–Kier alpha value is -4.05. The SMILES string of the molecule is CCNC(=O)[C@@H]1O[C@@H](n2cnc3c(N)nc(N4CC[C@H](c5ccc(F)cc5)C4)nc32)[C@@H](O)[C@H]1OC(=O)C(F)(F)F. The Bertz CT molecular complexity index is 1420. The van der Waals surface area contributed by atoms with Crippen LogP contribution in [0.5, 0.6) is 0 Å². The van der Waals surface area contributed by atoms with Crippen molar-refractivity contribution in [1.82, 2.24) is 24.8 Å². The molecule has 0 unspecified atom stereocenters. The molecular formula is C24H25F4N7O5. The molecule has 5 atom stereocenters. The van der Waals surface area contributed by atoms with Gasteiger partial charge in [-0.05, 0) is 31.0 Å². The molecule has 40 heavy (non-hydrogen) atoms. The van der Waals surface area contributed by atoms with Crippen LogP contribution in [0.4, 0.5) is 29.3 Å². The summed E-state index contributed by atoms with van der Waals surface area (Å²) in [4.78, 5) is 39.0. The molecule has 3 aromatic rings. The Morgan fingerprint density at radius 3 is 2.65 bits per heavy atom. The van der Waals surface area contributed by atoms with Crippen LogP contribution in [0.2, 0.25) is 0 Å². The second-order valence-electron chi connectivity index (χ2n) is 9.42. The lowest BCUT2D eigenvalue weighted by Gasteiger charge is -2.21. The number of ether oxygens (including phenoxy) is 2. The second kappa shape index (κ2) is 10.5. The summed E-state index contributed by atoms with van der Waals surface area (Å²) < 4.78 is 63.4. The molecule has 1 amide bonds. The average Bonchev–Trinajstić information content (AvgIpc) is 3.62. The van der Waals surface area contributed by atoms with E-state index < -0.39 is 42.6 Å². The zero-order chi connectivity index (χ0) is 28.8. The van der Waals surface area contributed by atoms with Gasteiger partial charge in [0.2, 0.25) is 5.95 Å². The maximum absolute atomic E-state index is 13.3. The summed E-state index contributed by atoms with van der Waals surface area (Å²) in [5.74, 6) is -3.50. The summed E-state index contributed by atoms with van der Waals surface area (Å²) in [6, 6.07) is 6.19. The lowest BCUT2D eigenvalue weighted by atomic mass is 9.99. The van der Waals surface area contributed by atoms with Crippen LogP contribution in [0.25, 0.3) is 11.2 Å². The summed E-state index contributed by atoms with van der Waals surface area (Å²) in [5, 5.41) is 13.3. The molecule has 0 saturated carbocycles. The molecule has 4 N–H and O–H groups in total. The standard InChI is InChI=1S/C24H25F4N7O5/c1-2-30-20(37)17-16(40-22(38)24(26,27)28)15(36)21(39-17)35-10-31-14-18(29)32-23(33-19(14)35)34-8-7-12(9-34)11-3-5-13(25)6-4-11/h3-6,10,12,15-17,21,36H,2,7-9H2,1H3,(H,30,37)(H2,29,32,33)/t12-,15-,16+,17+,21+/m0/s1. The first-order chi connectivity index (χ1) is 19.0. The number of hydrogen-bond donors (Lipinski definition) is 3. The highest BCUT2D eigenvalue weighted by atomic mass is 19.4. The number of nitrogens with zero attached hydrogens (tertiary/aromatic N) is 5. The number of likely N-dealkylation sites (N-methyl/N-ethyl adjacent to an activating group) is 1. The number of alkyl halides is 3. The molecule has 0 spiro atoms. The number of aliphatic hydroxyl groups excluding tert-OH is 1. The quantitative estimate of drug-likeness (QED) is 0.294. The third kappa shape index (κ3) is 5.11. The van der Waals surface area contributed by atoms with Gasteiger partial charge in [-0.15, -0.1) is 0 Å². The van der Waals surface area contributed by atoms with Crippen LogP contribution in [0, 0.1) is 5.82 Å². The number of nitrogens with two attached hydrogens (primary N) is 1. The second-order valence-corrected chi connectivity index (χ2v) is 9.42. The van der Waals surface area contributed by atoms with Gasteiger partial charge in [0.05, 0.1) is 6.33 Å². The highest BCUT2D eigenvalue weighted by Gasteiger charge is 2.54. The van der Waals surface area contributed by atoms with Crippen molar-refractivity contribution in [3.8, 4) is 0 Å². The summed E-state index contributed by atoms with van der Waals surface area (Å²) >= 11 is 0. The van der Waals surface area contributed by atoms with E-state index in [2.05, 4.69) is 25.0 Å². The number of anilines is 2. The molecule has 2 fully saturated rings. The molecule has 1 aromatic carbocycles. The number of amides is 1. The Morgan fingerprint density at radius 1 is 1.25 bits per heavy atom. The third-order valence-electron chi connectivity index (χ3n) is 6.82. The molecule has 0 bridgehead atoms. The largest absolute Gasteiger partial charge is 0.490 e. The van der Waals surface area contributed by atoms with Gasteiger partial charge >= 0.3 is 12.1 Å². The van der Waals surface area contributed by atoms with Crippen molar-refractivity contribution in [1.29, 1.82) is 0 Å². The molecule has 2 aromatic heterocycles. The number of halogens is 4. The van der Waals surface area contributed by atoms with Gasteiger partial charge in [0.1, 0.15) is 17.4 Å². The van der Waals surface area contributed by atoms with E-state index in [1.165, 1.54) is 23.0 Å². The van der Waals surface area contributed by atoms with Gasteiger partial charge in [0.25, 0.3) is 5.91 Å². The number of esters is 1. The molecule has 0 radical (unpaired) electrons. The van der Waals surface area contributed by atoms with E-state index >= 15 is 0 Å². The van der Waals surface area contributed by atoms with Crippen molar-refractivity contribution in [2.24, 2.45) is 0 Å². The van der Waals surface area contributed by atoms with Gasteiger partial charge in [-0.1, -0.05) is 12.1 Å². The monoisotopic (exact) mass is 567 g/mol. The van der Waals surface area contributed by atoms with Gasteiger partial charge in [0.15, 0.2) is 29.9 Å².